The SMILES string of the molecule is COCCNC(=O)[C@@H]1C[C@@H](NC(=O)C2CC=C(Cl)S2)CN1C(=O)c1cc2c(s1)CCN(C)CC2. The van der Waals surface area contributed by atoms with Crippen LogP contribution in [-0.4, -0.2) is 91.8 Å². The predicted octanol–water partition coefficient (Wildman–Crippen LogP) is 1.83. The molecule has 11 heteroatoms. The molecule has 0 radical (unpaired) electrons. The molecule has 1 fully saturated rings. The second-order valence-electron chi connectivity index (χ2n) is 8.91. The molecular formula is C23H31ClN4O4S2. The number of amides is 3. The van der Waals surface area contributed by atoms with E-state index in [2.05, 4.69) is 22.6 Å². The van der Waals surface area contributed by atoms with Crippen LogP contribution in [0.15, 0.2) is 16.5 Å². The smallest absolute Gasteiger partial charge is 0.264 e. The van der Waals surface area contributed by atoms with Crippen molar-refractivity contribution < 1.29 is 19.1 Å². The fraction of sp³-hybridized carbons (Fsp3) is 0.609. The fourth-order valence-corrected chi connectivity index (χ4v) is 6.95. The third-order valence-corrected chi connectivity index (χ3v) is 9.18. The molecule has 1 unspecified atom stereocenters. The Morgan fingerprint density at radius 2 is 2.03 bits per heavy atom. The Balaban J connectivity index is 1.47. The van der Waals surface area contributed by atoms with Crippen LogP contribution in [0.25, 0.3) is 0 Å². The monoisotopic (exact) mass is 526 g/mol. The summed E-state index contributed by atoms with van der Waals surface area (Å²) >= 11 is 8.89. The van der Waals surface area contributed by atoms with Crippen LogP contribution in [0, 0.1) is 0 Å². The molecule has 0 saturated carbocycles. The van der Waals surface area contributed by atoms with E-state index in [4.69, 9.17) is 16.3 Å². The summed E-state index contributed by atoms with van der Waals surface area (Å²) < 4.78 is 5.66. The van der Waals surface area contributed by atoms with Crippen molar-refractivity contribution in [2.75, 3.05) is 46.9 Å². The topological polar surface area (TPSA) is 91.0 Å². The number of thioether (sulfide) groups is 1. The highest BCUT2D eigenvalue weighted by Gasteiger charge is 2.41. The first-order chi connectivity index (χ1) is 16.4. The maximum Gasteiger partial charge on any atom is 0.264 e. The van der Waals surface area contributed by atoms with Gasteiger partial charge < -0.3 is 25.2 Å². The number of carbonyl (C=O) groups is 3. The zero-order valence-corrected chi connectivity index (χ0v) is 21.9. The van der Waals surface area contributed by atoms with E-state index in [9.17, 15) is 14.4 Å². The van der Waals surface area contributed by atoms with E-state index in [1.165, 1.54) is 33.5 Å². The molecule has 0 aliphatic carbocycles. The van der Waals surface area contributed by atoms with Gasteiger partial charge in [-0.2, -0.15) is 0 Å². The fourth-order valence-electron chi connectivity index (χ4n) is 4.55. The van der Waals surface area contributed by atoms with E-state index < -0.39 is 6.04 Å². The van der Waals surface area contributed by atoms with Crippen LogP contribution in [0.5, 0.6) is 0 Å². The molecule has 0 spiro atoms. The lowest BCUT2D eigenvalue weighted by atomic mass is 10.1. The van der Waals surface area contributed by atoms with Crippen molar-refractivity contribution >= 4 is 52.4 Å². The lowest BCUT2D eigenvalue weighted by Crippen LogP contribution is -2.46. The number of nitrogens with one attached hydrogen (secondary N) is 2. The van der Waals surface area contributed by atoms with Crippen molar-refractivity contribution in [3.8, 4) is 0 Å². The number of ether oxygens (including phenoxy) is 1. The van der Waals surface area contributed by atoms with Gasteiger partial charge in [0.25, 0.3) is 5.91 Å². The molecule has 4 rings (SSSR count). The minimum Gasteiger partial charge on any atom is -0.383 e. The quantitative estimate of drug-likeness (QED) is 0.527. The Morgan fingerprint density at radius 3 is 2.76 bits per heavy atom. The number of methoxy groups -OCH3 is 1. The molecular weight excluding hydrogens is 496 g/mol. The molecule has 3 amide bonds. The number of allylic oxidation sites excluding steroid dienone is 1. The van der Waals surface area contributed by atoms with E-state index in [0.29, 0.717) is 41.8 Å². The van der Waals surface area contributed by atoms with Gasteiger partial charge in [-0.05, 0) is 44.4 Å². The first-order valence-corrected chi connectivity index (χ1v) is 13.6. The van der Waals surface area contributed by atoms with Gasteiger partial charge in [0.1, 0.15) is 6.04 Å². The van der Waals surface area contributed by atoms with E-state index in [1.807, 2.05) is 12.1 Å². The second-order valence-corrected chi connectivity index (χ2v) is 11.9. The van der Waals surface area contributed by atoms with E-state index in [1.54, 1.807) is 12.0 Å². The molecule has 1 aromatic rings. The minimum absolute atomic E-state index is 0.110. The van der Waals surface area contributed by atoms with Crippen LogP contribution in [-0.2, 0) is 27.2 Å². The molecule has 1 aromatic heterocycles. The zero-order valence-electron chi connectivity index (χ0n) is 19.5. The van der Waals surface area contributed by atoms with Crippen LogP contribution in [0.1, 0.15) is 33.0 Å². The summed E-state index contributed by atoms with van der Waals surface area (Å²) in [6.45, 7) is 3.01. The first-order valence-electron chi connectivity index (χ1n) is 11.6. The summed E-state index contributed by atoms with van der Waals surface area (Å²) in [5.74, 6) is -0.474. The van der Waals surface area contributed by atoms with Crippen molar-refractivity contribution in [2.45, 2.75) is 43.0 Å². The molecule has 34 heavy (non-hydrogen) atoms. The van der Waals surface area contributed by atoms with Crippen molar-refractivity contribution in [1.29, 1.82) is 0 Å². The standard InChI is InChI=1S/C23H31ClN4O4S2/c1-27-8-5-14-11-19(33-17(14)6-9-27)23(31)28-13-15(12-16(28)21(29)25-7-10-32-2)26-22(30)18-3-4-20(24)34-18/h4,11,15-16,18H,3,5-10,12-13H2,1-2H3,(H,25,29)(H,26,30)/t15-,16+,18?/m1/s1. The summed E-state index contributed by atoms with van der Waals surface area (Å²) in [6, 6.07) is 1.07. The summed E-state index contributed by atoms with van der Waals surface area (Å²) in [5.41, 5.74) is 1.23. The highest BCUT2D eigenvalue weighted by molar-refractivity contribution is 8.06. The molecule has 3 aliphatic heterocycles. The molecule has 8 nitrogen and oxygen atoms in total. The molecule has 2 N–H and O–H groups in total. The van der Waals surface area contributed by atoms with Crippen LogP contribution in [0.3, 0.4) is 0 Å². The molecule has 3 aliphatic rings. The Hall–Kier alpha value is -1.59. The number of fused-ring (bicyclic) bond motifs is 1. The largest absolute Gasteiger partial charge is 0.383 e. The molecule has 4 heterocycles. The second kappa shape index (κ2) is 11.4. The van der Waals surface area contributed by atoms with Crippen LogP contribution in [0.2, 0.25) is 0 Å². The highest BCUT2D eigenvalue weighted by Crippen LogP contribution is 2.35. The number of thiophene rings is 1. The Morgan fingerprint density at radius 1 is 1.24 bits per heavy atom. The van der Waals surface area contributed by atoms with Gasteiger partial charge in [0.05, 0.1) is 21.1 Å². The number of rotatable bonds is 7. The van der Waals surface area contributed by atoms with Crippen molar-refractivity contribution in [3.05, 3.63) is 31.8 Å². The van der Waals surface area contributed by atoms with E-state index in [0.717, 1.165) is 25.9 Å². The van der Waals surface area contributed by atoms with Gasteiger partial charge in [0.2, 0.25) is 11.8 Å². The zero-order chi connectivity index (χ0) is 24.2. The summed E-state index contributed by atoms with van der Waals surface area (Å²) in [4.78, 5) is 45.1. The highest BCUT2D eigenvalue weighted by atomic mass is 35.5. The van der Waals surface area contributed by atoms with Gasteiger partial charge in [-0.3, -0.25) is 14.4 Å². The summed E-state index contributed by atoms with van der Waals surface area (Å²) in [6.07, 6.45) is 4.65. The van der Waals surface area contributed by atoms with Gasteiger partial charge in [0, 0.05) is 44.2 Å². The predicted molar refractivity (Wildman–Crippen MR) is 135 cm³/mol. The summed E-state index contributed by atoms with van der Waals surface area (Å²) in [5, 5.41) is 5.63. The van der Waals surface area contributed by atoms with Gasteiger partial charge in [0.15, 0.2) is 0 Å². The maximum atomic E-state index is 13.6. The van der Waals surface area contributed by atoms with Gasteiger partial charge in [-0.15, -0.1) is 23.1 Å². The Bertz CT molecular complexity index is 943. The number of hydrogen-bond donors (Lipinski definition) is 2. The number of likely N-dealkylation sites (N-methyl/N-ethyl adjacent to an activating group) is 1. The Labute approximate surface area is 213 Å². The third kappa shape index (κ3) is 5.96. The van der Waals surface area contributed by atoms with Crippen molar-refractivity contribution in [2.24, 2.45) is 0 Å². The van der Waals surface area contributed by atoms with Crippen LogP contribution < -0.4 is 10.6 Å². The van der Waals surface area contributed by atoms with Crippen molar-refractivity contribution in [1.82, 2.24) is 20.4 Å². The van der Waals surface area contributed by atoms with Crippen molar-refractivity contribution in [3.63, 3.8) is 0 Å². The lowest BCUT2D eigenvalue weighted by Gasteiger charge is -2.23. The molecule has 186 valence electrons. The number of carbonyl (C=O) groups excluding carboxylic acids is 3. The minimum atomic E-state index is -0.638. The number of nitrogens with zero attached hydrogens (tertiary/aromatic N) is 2. The molecule has 1 saturated heterocycles. The number of likely N-dealkylation sites (tertiary alicyclic amines) is 1. The van der Waals surface area contributed by atoms with Crippen LogP contribution in [0.4, 0.5) is 0 Å². The molecule has 3 atom stereocenters. The maximum absolute atomic E-state index is 13.6. The van der Waals surface area contributed by atoms with Gasteiger partial charge in [-0.25, -0.2) is 0 Å². The number of hydrogen-bond acceptors (Lipinski definition) is 7. The number of halogens is 1. The van der Waals surface area contributed by atoms with E-state index in [-0.39, 0.29) is 29.0 Å². The Kier molecular flexibility index (Phi) is 8.57. The average Bonchev–Trinajstić information content (AvgIpc) is 3.52. The van der Waals surface area contributed by atoms with Crippen LogP contribution >= 0.6 is 34.7 Å². The average molecular weight is 527 g/mol. The van der Waals surface area contributed by atoms with Gasteiger partial charge in [-0.1, -0.05) is 17.7 Å². The molecule has 0 bridgehead atoms. The first kappa shape index (κ1) is 25.5. The third-order valence-electron chi connectivity index (χ3n) is 6.45. The van der Waals surface area contributed by atoms with Gasteiger partial charge >= 0.3 is 0 Å². The normalized spacial score (nSPS) is 25.0. The van der Waals surface area contributed by atoms with E-state index >= 15 is 0 Å². The lowest BCUT2D eigenvalue weighted by molar-refractivity contribution is -0.125. The summed E-state index contributed by atoms with van der Waals surface area (Å²) in [7, 11) is 3.69. The molecule has 0 aromatic carbocycles.